The first-order chi connectivity index (χ1) is 12.2. The van der Waals surface area contributed by atoms with Crippen LogP contribution in [0.15, 0.2) is 41.0 Å². The highest BCUT2D eigenvalue weighted by Crippen LogP contribution is 2.28. The molecule has 0 aliphatic heterocycles. The lowest BCUT2D eigenvalue weighted by Gasteiger charge is -2.09. The fourth-order valence-electron chi connectivity index (χ4n) is 2.45. The van der Waals surface area contributed by atoms with E-state index in [1.54, 1.807) is 20.5 Å². The lowest BCUT2D eigenvalue weighted by molar-refractivity contribution is -0.133. The van der Waals surface area contributed by atoms with Crippen LogP contribution in [0.1, 0.15) is 30.6 Å². The Morgan fingerprint density at radius 3 is 2.64 bits per heavy atom. The third-order valence-corrected chi connectivity index (χ3v) is 3.75. The molecule has 1 heterocycles. The molecule has 0 aliphatic rings. The molecule has 1 aromatic carbocycles. The number of rotatable bonds is 11. The van der Waals surface area contributed by atoms with Crippen LogP contribution >= 0.6 is 0 Å². The van der Waals surface area contributed by atoms with E-state index in [1.807, 2.05) is 30.3 Å². The van der Waals surface area contributed by atoms with Crippen molar-refractivity contribution in [3.8, 4) is 11.5 Å². The summed E-state index contributed by atoms with van der Waals surface area (Å²) in [6, 6.07) is 9.56. The number of furan rings is 1. The van der Waals surface area contributed by atoms with Gasteiger partial charge in [-0.1, -0.05) is 6.07 Å². The molecule has 0 radical (unpaired) electrons. The first-order valence-corrected chi connectivity index (χ1v) is 8.37. The van der Waals surface area contributed by atoms with E-state index in [-0.39, 0.29) is 5.91 Å². The van der Waals surface area contributed by atoms with Gasteiger partial charge in [0.1, 0.15) is 5.76 Å². The van der Waals surface area contributed by atoms with Gasteiger partial charge in [0.15, 0.2) is 11.5 Å². The fourth-order valence-corrected chi connectivity index (χ4v) is 2.45. The summed E-state index contributed by atoms with van der Waals surface area (Å²) in [5.41, 5.74) is 3.58. The Kier molecular flexibility index (Phi) is 7.85. The Hall–Kier alpha value is -2.47. The Bertz CT molecular complexity index is 639. The number of hydrogen-bond donors (Lipinski definition) is 1. The Labute approximate surface area is 148 Å². The molecule has 1 N–H and O–H groups in total. The van der Waals surface area contributed by atoms with Crippen molar-refractivity contribution in [3.05, 3.63) is 47.9 Å². The lowest BCUT2D eigenvalue weighted by Crippen LogP contribution is -2.24. The van der Waals surface area contributed by atoms with Crippen molar-refractivity contribution in [3.63, 3.8) is 0 Å². The minimum Gasteiger partial charge on any atom is -0.493 e. The monoisotopic (exact) mass is 347 g/mol. The Morgan fingerprint density at radius 1 is 1.08 bits per heavy atom. The van der Waals surface area contributed by atoms with Crippen LogP contribution in [0.25, 0.3) is 0 Å². The number of methoxy groups -OCH3 is 2. The first kappa shape index (κ1) is 18.9. The average Bonchev–Trinajstić information content (AvgIpc) is 3.14. The van der Waals surface area contributed by atoms with E-state index in [0.29, 0.717) is 24.5 Å². The molecule has 6 heteroatoms. The molecule has 1 aromatic heterocycles. The molecule has 0 aliphatic carbocycles. The number of nitrogens with one attached hydrogen (secondary N) is 1. The zero-order valence-electron chi connectivity index (χ0n) is 14.7. The van der Waals surface area contributed by atoms with Crippen molar-refractivity contribution in [2.24, 2.45) is 0 Å². The van der Waals surface area contributed by atoms with Crippen LogP contribution < -0.4 is 15.0 Å². The lowest BCUT2D eigenvalue weighted by atomic mass is 10.1. The molecule has 0 bridgehead atoms. The van der Waals surface area contributed by atoms with Crippen LogP contribution in [-0.4, -0.2) is 26.7 Å². The topological polar surface area (TPSA) is 69.9 Å². The molecule has 2 aromatic rings. The van der Waals surface area contributed by atoms with Crippen LogP contribution in [0.2, 0.25) is 0 Å². The summed E-state index contributed by atoms with van der Waals surface area (Å²) < 4.78 is 15.7. The smallest absolute Gasteiger partial charge is 0.243 e. The number of aryl methyl sites for hydroxylation is 2. The number of amides is 1. The highest BCUT2D eigenvalue weighted by molar-refractivity contribution is 5.74. The van der Waals surface area contributed by atoms with Crippen molar-refractivity contribution in [1.29, 1.82) is 0 Å². The van der Waals surface area contributed by atoms with Gasteiger partial charge in [-0.2, -0.15) is 0 Å². The zero-order chi connectivity index (χ0) is 17.9. The summed E-state index contributed by atoms with van der Waals surface area (Å²) in [5, 5.41) is 0. The quantitative estimate of drug-likeness (QED) is 0.499. The summed E-state index contributed by atoms with van der Waals surface area (Å²) in [7, 11) is 3.22. The van der Waals surface area contributed by atoms with Gasteiger partial charge in [0.05, 0.1) is 27.1 Å². The minimum absolute atomic E-state index is 0.113. The van der Waals surface area contributed by atoms with E-state index < -0.39 is 0 Å². The second-order valence-electron chi connectivity index (χ2n) is 5.60. The summed E-state index contributed by atoms with van der Waals surface area (Å²) >= 11 is 0. The Balaban J connectivity index is 1.58. The molecule has 0 unspecified atom stereocenters. The molecule has 6 nitrogen and oxygen atoms in total. The summed E-state index contributed by atoms with van der Waals surface area (Å²) in [4.78, 5) is 16.9. The number of ether oxygens (including phenoxy) is 2. The highest BCUT2D eigenvalue weighted by atomic mass is 16.6. The average molecular weight is 347 g/mol. The molecule has 1 amide bonds. The first-order valence-electron chi connectivity index (χ1n) is 8.37. The van der Waals surface area contributed by atoms with E-state index in [4.69, 9.17) is 18.7 Å². The molecule has 2 rings (SSSR count). The van der Waals surface area contributed by atoms with Crippen molar-refractivity contribution in [2.45, 2.75) is 32.1 Å². The standard InChI is InChI=1S/C19H25NO5/c1-22-17-11-10-15(14-18(17)23-2)6-3-9-19(21)20-25-13-5-8-16-7-4-12-24-16/h4,7,10-12,14H,3,5-6,8-9,13H2,1-2H3,(H,20,21). The molecular weight excluding hydrogens is 322 g/mol. The van der Waals surface area contributed by atoms with Crippen LogP contribution in [0.4, 0.5) is 0 Å². The van der Waals surface area contributed by atoms with Gasteiger partial charge in [0, 0.05) is 12.8 Å². The molecule has 25 heavy (non-hydrogen) atoms. The van der Waals surface area contributed by atoms with Gasteiger partial charge in [-0.25, -0.2) is 5.48 Å². The van der Waals surface area contributed by atoms with E-state index in [0.717, 1.165) is 37.0 Å². The second-order valence-corrected chi connectivity index (χ2v) is 5.60. The van der Waals surface area contributed by atoms with E-state index in [1.165, 1.54) is 0 Å². The molecule has 0 saturated carbocycles. The third kappa shape index (κ3) is 6.51. The number of hydrogen-bond acceptors (Lipinski definition) is 5. The van der Waals surface area contributed by atoms with Crippen molar-refractivity contribution < 1.29 is 23.5 Å². The van der Waals surface area contributed by atoms with Crippen LogP contribution in [0, 0.1) is 0 Å². The van der Waals surface area contributed by atoms with Crippen LogP contribution in [0.5, 0.6) is 11.5 Å². The number of benzene rings is 1. The van der Waals surface area contributed by atoms with E-state index in [9.17, 15) is 4.79 Å². The maximum atomic E-state index is 11.7. The Morgan fingerprint density at radius 2 is 1.92 bits per heavy atom. The van der Waals surface area contributed by atoms with Gasteiger partial charge < -0.3 is 13.9 Å². The van der Waals surface area contributed by atoms with Crippen LogP contribution in [-0.2, 0) is 22.5 Å². The van der Waals surface area contributed by atoms with E-state index in [2.05, 4.69) is 5.48 Å². The van der Waals surface area contributed by atoms with Crippen LogP contribution in [0.3, 0.4) is 0 Å². The molecule has 0 fully saturated rings. The predicted octanol–water partition coefficient (Wildman–Crippen LogP) is 3.30. The SMILES string of the molecule is COc1ccc(CCCC(=O)NOCCCc2ccco2)cc1OC. The third-order valence-electron chi connectivity index (χ3n) is 3.75. The second kappa shape index (κ2) is 10.4. The largest absolute Gasteiger partial charge is 0.493 e. The predicted molar refractivity (Wildman–Crippen MR) is 93.6 cm³/mol. The number of carbonyl (C=O) groups is 1. The number of carbonyl (C=O) groups excluding carboxylic acids is 1. The zero-order valence-corrected chi connectivity index (χ0v) is 14.7. The van der Waals surface area contributed by atoms with Gasteiger partial charge >= 0.3 is 0 Å². The van der Waals surface area contributed by atoms with Gasteiger partial charge in [0.25, 0.3) is 0 Å². The molecular formula is C19H25NO5. The molecule has 0 spiro atoms. The van der Waals surface area contributed by atoms with Crippen molar-refractivity contribution >= 4 is 5.91 Å². The maximum Gasteiger partial charge on any atom is 0.243 e. The van der Waals surface area contributed by atoms with Gasteiger partial charge in [-0.15, -0.1) is 0 Å². The molecule has 136 valence electrons. The van der Waals surface area contributed by atoms with Crippen molar-refractivity contribution in [1.82, 2.24) is 5.48 Å². The van der Waals surface area contributed by atoms with Crippen molar-refractivity contribution in [2.75, 3.05) is 20.8 Å². The van der Waals surface area contributed by atoms with Gasteiger partial charge in [-0.05, 0) is 49.1 Å². The van der Waals surface area contributed by atoms with Gasteiger partial charge in [-0.3, -0.25) is 9.63 Å². The summed E-state index contributed by atoms with van der Waals surface area (Å²) in [6.07, 6.45) is 5.16. The number of hydroxylamine groups is 1. The van der Waals surface area contributed by atoms with Gasteiger partial charge in [0.2, 0.25) is 5.91 Å². The molecule has 0 saturated heterocycles. The highest BCUT2D eigenvalue weighted by Gasteiger charge is 2.06. The fraction of sp³-hybridized carbons (Fsp3) is 0.421. The normalized spacial score (nSPS) is 10.5. The summed E-state index contributed by atoms with van der Waals surface area (Å²) in [5.74, 6) is 2.21. The molecule has 0 atom stereocenters. The summed E-state index contributed by atoms with van der Waals surface area (Å²) in [6.45, 7) is 0.460. The minimum atomic E-state index is -0.113. The van der Waals surface area contributed by atoms with E-state index >= 15 is 0 Å². The maximum absolute atomic E-state index is 11.7.